The van der Waals surface area contributed by atoms with Gasteiger partial charge in [0, 0.05) is 27.3 Å². The Balaban J connectivity index is 0.00000202. The molecular formula is C39H65N5O9S. The van der Waals surface area contributed by atoms with Gasteiger partial charge in [0.15, 0.2) is 0 Å². The Kier molecular flexibility index (Phi) is 18.2. The molecule has 4 N–H and O–H groups in total. The molecule has 4 rings (SSSR count). The number of hydrogen-bond donors (Lipinski definition) is 3. The maximum absolute atomic E-state index is 13.4. The van der Waals surface area contributed by atoms with Crippen LogP contribution in [0.3, 0.4) is 0 Å². The maximum atomic E-state index is 13.4. The van der Waals surface area contributed by atoms with Crippen molar-refractivity contribution in [3.63, 3.8) is 0 Å². The summed E-state index contributed by atoms with van der Waals surface area (Å²) in [5.41, 5.74) is 7.80. The largest absolute Gasteiger partial charge is 0.497 e. The lowest BCUT2D eigenvalue weighted by molar-refractivity contribution is -0.142. The molecule has 0 unspecified atom stereocenters. The topological polar surface area (TPSA) is 196 Å². The summed E-state index contributed by atoms with van der Waals surface area (Å²) in [5.74, 6) is 1.54. The Morgan fingerprint density at radius 3 is 2.41 bits per heavy atom. The van der Waals surface area contributed by atoms with Crippen LogP contribution in [0, 0.1) is 11.3 Å². The van der Waals surface area contributed by atoms with Crippen molar-refractivity contribution in [2.24, 2.45) is 17.1 Å². The molecule has 14 nitrogen and oxygen atoms in total. The fourth-order valence-corrected chi connectivity index (χ4v) is 7.19. The summed E-state index contributed by atoms with van der Waals surface area (Å²) < 4.78 is 40.2. The number of methoxy groups -OCH3 is 1. The van der Waals surface area contributed by atoms with Crippen molar-refractivity contribution in [3.05, 3.63) is 42.6 Å². The minimum Gasteiger partial charge on any atom is -0.497 e. The normalized spacial score (nSPS) is 16.0. The summed E-state index contributed by atoms with van der Waals surface area (Å²) >= 11 is 0. The van der Waals surface area contributed by atoms with E-state index >= 15 is 0 Å². The number of aryl methyl sites for hydroxylation is 2. The highest BCUT2D eigenvalue weighted by atomic mass is 32.2. The number of carbonyl (C=O) groups is 4. The second kappa shape index (κ2) is 21.5. The van der Waals surface area contributed by atoms with Gasteiger partial charge in [-0.1, -0.05) is 40.5 Å². The molecule has 1 saturated carbocycles. The number of unbranched alkanes of at least 4 members (excludes halogenated alkanes) is 2. The van der Waals surface area contributed by atoms with Crippen LogP contribution in [0.4, 0.5) is 4.79 Å². The monoisotopic (exact) mass is 779 g/mol. The third-order valence-corrected chi connectivity index (χ3v) is 10.9. The van der Waals surface area contributed by atoms with Gasteiger partial charge in [-0.3, -0.25) is 19.1 Å². The van der Waals surface area contributed by atoms with Gasteiger partial charge in [0.05, 0.1) is 36.7 Å². The van der Waals surface area contributed by atoms with Crippen molar-refractivity contribution < 1.29 is 44.7 Å². The van der Waals surface area contributed by atoms with Crippen LogP contribution in [-0.2, 0) is 42.0 Å². The number of amides is 4. The third-order valence-electron chi connectivity index (χ3n) is 9.11. The Bertz CT molecular complexity index is 1690. The molecule has 0 bridgehead atoms. The van der Waals surface area contributed by atoms with E-state index in [0.717, 1.165) is 72.2 Å². The second-order valence-electron chi connectivity index (χ2n) is 14.9. The van der Waals surface area contributed by atoms with E-state index in [0.29, 0.717) is 38.8 Å². The lowest BCUT2D eigenvalue weighted by Crippen LogP contribution is -2.51. The van der Waals surface area contributed by atoms with Gasteiger partial charge in [-0.25, -0.2) is 18.2 Å². The standard InChI is InChI=1S/C33H50N4O6.C4H7NO3S.C2H4.2H2/c1-21(20-42-32(34)40)11-9-8-10-12-28-30-25(26-17-23(41-7)14-16-27(26)36-28)15-13-24(43-30)19-37(22(2)31(39)35-6)29(38)18-33(3,4)5;6-3-5-9(7,8)4-1-2-4;1-2;;/h14,16-17,21-22,24H,8-13,15,18-20H2,1-7H3,(H2,34,40)(H,35,39);3-4H,1-2H2,(H,5,6);1-2H2;2*1H/t21-,22-,24-;;;;/m0..../s1. The van der Waals surface area contributed by atoms with Crippen LogP contribution in [0.1, 0.15) is 100 Å². The van der Waals surface area contributed by atoms with Crippen molar-refractivity contribution >= 4 is 45.2 Å². The number of carbonyl (C=O) groups excluding carboxylic acids is 4. The van der Waals surface area contributed by atoms with Crippen LogP contribution < -0.4 is 25.2 Å². The molecule has 2 aliphatic rings. The number of pyridine rings is 1. The highest BCUT2D eigenvalue weighted by Gasteiger charge is 2.35. The molecule has 15 heteroatoms. The summed E-state index contributed by atoms with van der Waals surface area (Å²) in [7, 11) is -0.0140. The number of nitrogens with zero attached hydrogens (tertiary/aromatic N) is 2. The molecule has 1 aromatic carbocycles. The first-order valence-electron chi connectivity index (χ1n) is 18.5. The molecule has 1 aromatic heterocycles. The van der Waals surface area contributed by atoms with E-state index in [2.05, 4.69) is 18.5 Å². The van der Waals surface area contributed by atoms with Crippen LogP contribution in [-0.4, -0.2) is 87.3 Å². The fraction of sp³-hybridized carbons (Fsp3) is 0.615. The molecule has 0 spiro atoms. The number of primary amides is 1. The van der Waals surface area contributed by atoms with E-state index in [1.54, 1.807) is 30.7 Å². The number of aromatic nitrogens is 1. The van der Waals surface area contributed by atoms with Crippen LogP contribution in [0.2, 0.25) is 0 Å². The Morgan fingerprint density at radius 2 is 1.83 bits per heavy atom. The number of likely N-dealkylation sites (N-methyl/N-ethyl adjacent to an activating group) is 1. The molecule has 3 atom stereocenters. The van der Waals surface area contributed by atoms with Crippen LogP contribution in [0.5, 0.6) is 11.5 Å². The zero-order valence-corrected chi connectivity index (χ0v) is 33.9. The molecule has 2 heterocycles. The molecule has 0 radical (unpaired) electrons. The van der Waals surface area contributed by atoms with Gasteiger partial charge in [-0.05, 0) is 81.4 Å². The van der Waals surface area contributed by atoms with Crippen LogP contribution in [0.25, 0.3) is 10.9 Å². The first-order valence-corrected chi connectivity index (χ1v) is 20.1. The summed E-state index contributed by atoms with van der Waals surface area (Å²) in [6.45, 7) is 16.5. The number of fused-ring (bicyclic) bond motifs is 3. The number of benzene rings is 1. The van der Waals surface area contributed by atoms with E-state index in [4.69, 9.17) is 24.9 Å². The van der Waals surface area contributed by atoms with Gasteiger partial charge in [-0.2, -0.15) is 0 Å². The van der Waals surface area contributed by atoms with E-state index in [-0.39, 0.29) is 43.8 Å². The lowest BCUT2D eigenvalue weighted by atomic mass is 9.91. The van der Waals surface area contributed by atoms with E-state index in [1.165, 1.54) is 0 Å². The van der Waals surface area contributed by atoms with Gasteiger partial charge in [-0.15, -0.1) is 13.2 Å². The summed E-state index contributed by atoms with van der Waals surface area (Å²) in [6.07, 6.45) is 7.02. The number of ether oxygens (including phenoxy) is 3. The van der Waals surface area contributed by atoms with Gasteiger partial charge >= 0.3 is 6.09 Å². The Labute approximate surface area is 324 Å². The van der Waals surface area contributed by atoms with Crippen LogP contribution >= 0.6 is 0 Å². The van der Waals surface area contributed by atoms with Crippen molar-refractivity contribution in [3.8, 4) is 11.5 Å². The van der Waals surface area contributed by atoms with Gasteiger partial charge < -0.3 is 30.2 Å². The zero-order chi connectivity index (χ0) is 40.6. The number of rotatable bonds is 17. The Hall–Kier alpha value is -4.40. The van der Waals surface area contributed by atoms with Gasteiger partial charge in [0.1, 0.15) is 23.6 Å². The molecular weight excluding hydrogens is 715 g/mol. The number of sulfonamides is 1. The molecule has 306 valence electrons. The molecule has 1 aliphatic carbocycles. The highest BCUT2D eigenvalue weighted by molar-refractivity contribution is 7.90. The smallest absolute Gasteiger partial charge is 0.404 e. The summed E-state index contributed by atoms with van der Waals surface area (Å²) in [6, 6.07) is 5.31. The van der Waals surface area contributed by atoms with Crippen molar-refractivity contribution in [2.45, 2.75) is 116 Å². The van der Waals surface area contributed by atoms with Crippen molar-refractivity contribution in [1.29, 1.82) is 0 Å². The second-order valence-corrected chi connectivity index (χ2v) is 16.9. The van der Waals surface area contributed by atoms with Gasteiger partial charge in [0.2, 0.25) is 28.2 Å². The van der Waals surface area contributed by atoms with Crippen LogP contribution in [0.15, 0.2) is 31.4 Å². The van der Waals surface area contributed by atoms with Crippen molar-refractivity contribution in [2.75, 3.05) is 27.3 Å². The van der Waals surface area contributed by atoms with E-state index in [1.807, 2.05) is 45.9 Å². The fourth-order valence-electron chi connectivity index (χ4n) is 6.10. The van der Waals surface area contributed by atoms with E-state index < -0.39 is 22.2 Å². The van der Waals surface area contributed by atoms with E-state index in [9.17, 15) is 27.6 Å². The minimum atomic E-state index is -3.26. The Morgan fingerprint density at radius 1 is 1.15 bits per heavy atom. The average Bonchev–Trinajstić information content (AvgIpc) is 3.99. The molecule has 1 aliphatic heterocycles. The summed E-state index contributed by atoms with van der Waals surface area (Å²) in [5, 5.41) is 3.40. The molecule has 4 amide bonds. The molecule has 54 heavy (non-hydrogen) atoms. The predicted molar refractivity (Wildman–Crippen MR) is 214 cm³/mol. The SMILES string of the molecule is C=C.CNC(=O)[C@H](C)N(C[C@@H]1CCc2c(c(CCCCC[C@H](C)COC(N)=O)nc3ccc(OC)cc23)O1)C(=O)CC(C)(C)C.O=CNS(=O)(=O)C1CC1.[HH].[HH]. The predicted octanol–water partition coefficient (Wildman–Crippen LogP) is 5.69. The first kappa shape index (κ1) is 45.8. The summed E-state index contributed by atoms with van der Waals surface area (Å²) in [4.78, 5) is 53.2. The number of hydrogen-bond acceptors (Lipinski definition) is 10. The third kappa shape index (κ3) is 14.4. The number of nitrogens with one attached hydrogen (secondary N) is 2. The first-order chi connectivity index (χ1) is 25.5. The highest BCUT2D eigenvalue weighted by Crippen LogP contribution is 2.38. The minimum absolute atomic E-state index is 0. The lowest BCUT2D eigenvalue weighted by Gasteiger charge is -2.36. The molecule has 2 aromatic rings. The quantitative estimate of drug-likeness (QED) is 0.102. The van der Waals surface area contributed by atoms with Crippen molar-refractivity contribution in [1.82, 2.24) is 19.9 Å². The maximum Gasteiger partial charge on any atom is 0.404 e. The molecule has 0 saturated heterocycles. The number of nitrogens with two attached hydrogens (primary N) is 1. The average molecular weight is 780 g/mol. The molecule has 1 fully saturated rings. The van der Waals surface area contributed by atoms with Gasteiger partial charge in [0.25, 0.3) is 0 Å². The zero-order valence-electron chi connectivity index (χ0n) is 33.1.